The lowest BCUT2D eigenvalue weighted by molar-refractivity contribution is -0.139. The molecule has 0 saturated heterocycles. The largest absolute Gasteiger partial charge is 0.492 e. The van der Waals surface area contributed by atoms with Gasteiger partial charge in [-0.2, -0.15) is 0 Å². The summed E-state index contributed by atoms with van der Waals surface area (Å²) >= 11 is 1.50. The molecule has 3 aromatic carbocycles. The molecular formula is C32H41N3O5S2. The lowest BCUT2D eigenvalue weighted by Crippen LogP contribution is -2.52. The maximum Gasteiger partial charge on any atom is 0.264 e. The number of hydrogen-bond acceptors (Lipinski definition) is 6. The van der Waals surface area contributed by atoms with Gasteiger partial charge in [0.1, 0.15) is 18.3 Å². The molecule has 2 atom stereocenters. The number of hydrogen-bond donors (Lipinski definition) is 1. The quantitative estimate of drug-likeness (QED) is 0.237. The van der Waals surface area contributed by atoms with Gasteiger partial charge in [0.05, 0.1) is 17.2 Å². The van der Waals surface area contributed by atoms with E-state index in [0.29, 0.717) is 12.4 Å². The van der Waals surface area contributed by atoms with Crippen LogP contribution in [0.5, 0.6) is 5.75 Å². The van der Waals surface area contributed by atoms with Crippen LogP contribution in [-0.4, -0.2) is 56.6 Å². The van der Waals surface area contributed by atoms with Gasteiger partial charge < -0.3 is 15.0 Å². The first kappa shape index (κ1) is 33.0. The van der Waals surface area contributed by atoms with E-state index in [2.05, 4.69) is 5.32 Å². The van der Waals surface area contributed by atoms with Crippen molar-refractivity contribution in [3.05, 3.63) is 83.9 Å². The van der Waals surface area contributed by atoms with Crippen molar-refractivity contribution in [3.8, 4) is 5.75 Å². The van der Waals surface area contributed by atoms with Crippen molar-refractivity contribution in [2.24, 2.45) is 0 Å². The second-order valence-corrected chi connectivity index (χ2v) is 12.8. The molecule has 0 fully saturated rings. The summed E-state index contributed by atoms with van der Waals surface area (Å²) in [4.78, 5) is 29.8. The number of anilines is 1. The van der Waals surface area contributed by atoms with Gasteiger partial charge in [0.2, 0.25) is 11.8 Å². The van der Waals surface area contributed by atoms with Gasteiger partial charge in [-0.15, -0.1) is 11.8 Å². The Bertz CT molecular complexity index is 1440. The zero-order chi connectivity index (χ0) is 30.9. The van der Waals surface area contributed by atoms with Gasteiger partial charge in [0.25, 0.3) is 10.0 Å². The number of rotatable bonds is 14. The summed E-state index contributed by atoms with van der Waals surface area (Å²) in [6, 6.07) is 20.1. The highest BCUT2D eigenvalue weighted by molar-refractivity contribution is 7.98. The first-order chi connectivity index (χ1) is 20.0. The number of para-hydroxylation sites is 2. The van der Waals surface area contributed by atoms with E-state index < -0.39 is 28.5 Å². The maximum absolute atomic E-state index is 14.1. The zero-order valence-corrected chi connectivity index (χ0v) is 26.8. The Morgan fingerprint density at radius 2 is 1.60 bits per heavy atom. The molecule has 0 spiro atoms. The molecule has 0 aromatic heterocycles. The molecule has 0 radical (unpaired) electrons. The van der Waals surface area contributed by atoms with Crippen molar-refractivity contribution < 1.29 is 22.7 Å². The minimum absolute atomic E-state index is 0.0482. The number of aryl methyl sites for hydroxylation is 1. The van der Waals surface area contributed by atoms with E-state index in [0.717, 1.165) is 26.7 Å². The monoisotopic (exact) mass is 611 g/mol. The van der Waals surface area contributed by atoms with Crippen molar-refractivity contribution in [3.63, 3.8) is 0 Å². The van der Waals surface area contributed by atoms with E-state index in [1.165, 1.54) is 28.8 Å². The van der Waals surface area contributed by atoms with Crippen LogP contribution in [0, 0.1) is 6.92 Å². The Labute approximate surface area is 254 Å². The molecule has 3 aromatic rings. The first-order valence-corrected chi connectivity index (χ1v) is 16.7. The second kappa shape index (κ2) is 15.1. The molecular weight excluding hydrogens is 571 g/mol. The summed E-state index contributed by atoms with van der Waals surface area (Å²) in [5.74, 6) is -0.482. The van der Waals surface area contributed by atoms with Crippen LogP contribution in [0.2, 0.25) is 0 Å². The van der Waals surface area contributed by atoms with Crippen LogP contribution < -0.4 is 14.4 Å². The molecule has 226 valence electrons. The number of benzene rings is 3. The van der Waals surface area contributed by atoms with Gasteiger partial charge in [-0.25, -0.2) is 8.42 Å². The van der Waals surface area contributed by atoms with Crippen molar-refractivity contribution >= 4 is 39.3 Å². The highest BCUT2D eigenvalue weighted by atomic mass is 32.2. The number of carbonyl (C=O) groups is 2. The van der Waals surface area contributed by atoms with Crippen molar-refractivity contribution in [1.29, 1.82) is 0 Å². The van der Waals surface area contributed by atoms with Gasteiger partial charge in [-0.05, 0) is 82.3 Å². The average molecular weight is 612 g/mol. The van der Waals surface area contributed by atoms with E-state index in [9.17, 15) is 18.0 Å². The maximum atomic E-state index is 14.1. The number of nitrogens with one attached hydrogen (secondary N) is 1. The molecule has 10 heteroatoms. The Balaban J connectivity index is 2.07. The fourth-order valence-electron chi connectivity index (χ4n) is 4.27. The van der Waals surface area contributed by atoms with Gasteiger partial charge >= 0.3 is 0 Å². The van der Waals surface area contributed by atoms with Crippen LogP contribution in [0.1, 0.15) is 45.2 Å². The summed E-state index contributed by atoms with van der Waals surface area (Å²) in [6.07, 6.45) is 2.65. The minimum atomic E-state index is -4.20. The molecule has 0 aliphatic heterocycles. The molecule has 0 aliphatic carbocycles. The third kappa shape index (κ3) is 8.29. The molecule has 1 N–H and O–H groups in total. The summed E-state index contributed by atoms with van der Waals surface area (Å²) in [6.45, 7) is 9.24. The van der Waals surface area contributed by atoms with E-state index in [-0.39, 0.29) is 29.1 Å². The summed E-state index contributed by atoms with van der Waals surface area (Å²) in [5.41, 5.74) is 2.14. The summed E-state index contributed by atoms with van der Waals surface area (Å²) < 4.78 is 35.1. The molecule has 0 saturated carbocycles. The standard InChI is InChI=1S/C32H41N3O5S2/c1-7-24(4)33-32(37)25(5)34(21-26-15-13-23(3)14-16-26)31(36)22-35(29-11-9-10-12-30(29)40-8-2)42(38,39)28-19-17-27(41-6)18-20-28/h9-20,24-25H,7-8,21-22H2,1-6H3,(H,33,37)/t24-,25-/m1/s1. The minimum Gasteiger partial charge on any atom is -0.492 e. The van der Waals surface area contributed by atoms with E-state index in [1.807, 2.05) is 58.2 Å². The highest BCUT2D eigenvalue weighted by Gasteiger charge is 2.34. The first-order valence-electron chi connectivity index (χ1n) is 14.1. The number of sulfonamides is 1. The third-order valence-electron chi connectivity index (χ3n) is 7.00. The molecule has 0 aliphatic rings. The predicted octanol–water partition coefficient (Wildman–Crippen LogP) is 5.64. The Kier molecular flexibility index (Phi) is 11.9. The molecule has 8 nitrogen and oxygen atoms in total. The lowest BCUT2D eigenvalue weighted by atomic mass is 10.1. The van der Waals surface area contributed by atoms with Crippen molar-refractivity contribution in [2.45, 2.75) is 69.5 Å². The number of nitrogens with zero attached hydrogens (tertiary/aromatic N) is 2. The molecule has 2 amide bonds. The van der Waals surface area contributed by atoms with Crippen LogP contribution >= 0.6 is 11.8 Å². The number of amides is 2. The average Bonchev–Trinajstić information content (AvgIpc) is 2.99. The van der Waals surface area contributed by atoms with Crippen LogP contribution in [-0.2, 0) is 26.2 Å². The third-order valence-corrected chi connectivity index (χ3v) is 9.52. The fraction of sp³-hybridized carbons (Fsp3) is 0.375. The van der Waals surface area contributed by atoms with E-state index in [1.54, 1.807) is 43.3 Å². The van der Waals surface area contributed by atoms with Gasteiger partial charge in [-0.1, -0.05) is 48.9 Å². The summed E-state index contributed by atoms with van der Waals surface area (Å²) in [5, 5.41) is 2.95. The van der Waals surface area contributed by atoms with Crippen LogP contribution in [0.4, 0.5) is 5.69 Å². The van der Waals surface area contributed by atoms with Gasteiger partial charge in [-0.3, -0.25) is 13.9 Å². The predicted molar refractivity (Wildman–Crippen MR) is 169 cm³/mol. The molecule has 0 unspecified atom stereocenters. The topological polar surface area (TPSA) is 96.0 Å². The Morgan fingerprint density at radius 3 is 2.19 bits per heavy atom. The normalized spacial score (nSPS) is 12.7. The SMILES string of the molecule is CCOc1ccccc1N(CC(=O)N(Cc1ccc(C)cc1)[C@H](C)C(=O)N[C@H](C)CC)S(=O)(=O)c1ccc(SC)cc1. The number of ether oxygens (including phenoxy) is 1. The van der Waals surface area contributed by atoms with Crippen molar-refractivity contribution in [1.82, 2.24) is 10.2 Å². The van der Waals surface area contributed by atoms with Crippen LogP contribution in [0.25, 0.3) is 0 Å². The molecule has 0 heterocycles. The van der Waals surface area contributed by atoms with Crippen LogP contribution in [0.3, 0.4) is 0 Å². The summed E-state index contributed by atoms with van der Waals surface area (Å²) in [7, 11) is -4.20. The van der Waals surface area contributed by atoms with Crippen molar-refractivity contribution in [2.75, 3.05) is 23.7 Å². The smallest absolute Gasteiger partial charge is 0.264 e. The Morgan fingerprint density at radius 1 is 0.952 bits per heavy atom. The molecule has 0 bridgehead atoms. The molecule has 42 heavy (non-hydrogen) atoms. The number of thioether (sulfide) groups is 1. The molecule has 3 rings (SSSR count). The van der Waals surface area contributed by atoms with E-state index >= 15 is 0 Å². The zero-order valence-electron chi connectivity index (χ0n) is 25.2. The van der Waals surface area contributed by atoms with Crippen LogP contribution in [0.15, 0.2) is 82.6 Å². The van der Waals surface area contributed by atoms with Gasteiger partial charge in [0, 0.05) is 17.5 Å². The highest BCUT2D eigenvalue weighted by Crippen LogP contribution is 2.33. The Hall–Kier alpha value is -3.50. The second-order valence-electron chi connectivity index (χ2n) is 10.1. The lowest BCUT2D eigenvalue weighted by Gasteiger charge is -2.33. The van der Waals surface area contributed by atoms with Gasteiger partial charge in [0.15, 0.2) is 0 Å². The fourth-order valence-corrected chi connectivity index (χ4v) is 6.10. The number of carbonyl (C=O) groups excluding carboxylic acids is 2. The van der Waals surface area contributed by atoms with E-state index in [4.69, 9.17) is 4.74 Å².